The molecule has 0 heterocycles. The van der Waals surface area contributed by atoms with Crippen molar-refractivity contribution in [2.45, 2.75) is 33.6 Å². The Labute approximate surface area is 194 Å². The number of amides is 1. The highest BCUT2D eigenvalue weighted by Gasteiger charge is 2.11. The van der Waals surface area contributed by atoms with Crippen molar-refractivity contribution in [2.75, 3.05) is 6.61 Å². The average molecular weight is 445 g/mol. The number of rotatable bonds is 8. The van der Waals surface area contributed by atoms with Crippen molar-refractivity contribution < 1.29 is 19.1 Å². The lowest BCUT2D eigenvalue weighted by atomic mass is 10.0. The van der Waals surface area contributed by atoms with Gasteiger partial charge in [0, 0.05) is 0 Å². The highest BCUT2D eigenvalue weighted by Crippen LogP contribution is 2.24. The van der Waals surface area contributed by atoms with E-state index in [1.807, 2.05) is 38.1 Å². The lowest BCUT2D eigenvalue weighted by molar-refractivity contribution is -0.123. The molecule has 0 aliphatic heterocycles. The van der Waals surface area contributed by atoms with Gasteiger partial charge in [0.2, 0.25) is 0 Å². The molecule has 0 saturated heterocycles. The van der Waals surface area contributed by atoms with Crippen LogP contribution in [0.25, 0.3) is 0 Å². The molecule has 0 aliphatic rings. The van der Waals surface area contributed by atoms with E-state index in [0.29, 0.717) is 23.0 Å². The fourth-order valence-electron chi connectivity index (χ4n) is 3.07. The van der Waals surface area contributed by atoms with Crippen molar-refractivity contribution in [1.82, 2.24) is 5.43 Å². The van der Waals surface area contributed by atoms with Gasteiger partial charge in [-0.3, -0.25) is 4.79 Å². The number of benzene rings is 3. The molecule has 6 heteroatoms. The molecule has 1 amide bonds. The Bertz CT molecular complexity index is 1150. The van der Waals surface area contributed by atoms with Gasteiger partial charge in [-0.05, 0) is 78.4 Å². The summed E-state index contributed by atoms with van der Waals surface area (Å²) in [5.74, 6) is 0.733. The summed E-state index contributed by atoms with van der Waals surface area (Å²) in [5, 5.41) is 3.96. The number of esters is 1. The van der Waals surface area contributed by atoms with Crippen molar-refractivity contribution in [3.63, 3.8) is 0 Å². The van der Waals surface area contributed by atoms with Crippen LogP contribution in [0.5, 0.6) is 11.5 Å². The maximum atomic E-state index is 12.3. The molecule has 0 radical (unpaired) electrons. The lowest BCUT2D eigenvalue weighted by Gasteiger charge is -2.12. The van der Waals surface area contributed by atoms with E-state index in [1.165, 1.54) is 6.21 Å². The summed E-state index contributed by atoms with van der Waals surface area (Å²) in [6, 6.07) is 20.1. The lowest BCUT2D eigenvalue weighted by Crippen LogP contribution is -2.24. The Hall–Kier alpha value is -3.93. The van der Waals surface area contributed by atoms with Gasteiger partial charge in [0.1, 0.15) is 11.5 Å². The number of nitrogens with one attached hydrogen (secondary N) is 1. The second kappa shape index (κ2) is 11.1. The molecule has 33 heavy (non-hydrogen) atoms. The third kappa shape index (κ3) is 6.77. The van der Waals surface area contributed by atoms with Crippen molar-refractivity contribution in [2.24, 2.45) is 5.10 Å². The molecule has 0 fully saturated rings. The molecular weight excluding hydrogens is 416 g/mol. The number of nitrogens with zero attached hydrogens (tertiary/aromatic N) is 1. The first-order chi connectivity index (χ1) is 15.8. The second-order valence-electron chi connectivity index (χ2n) is 8.03. The fraction of sp³-hybridized carbons (Fsp3) is 0.222. The first-order valence-corrected chi connectivity index (χ1v) is 10.8. The Morgan fingerprint density at radius 1 is 0.970 bits per heavy atom. The minimum Gasteiger partial charge on any atom is -0.483 e. The van der Waals surface area contributed by atoms with Gasteiger partial charge in [-0.25, -0.2) is 10.2 Å². The van der Waals surface area contributed by atoms with Crippen LogP contribution in [0.1, 0.15) is 52.4 Å². The molecule has 1 N–H and O–H groups in total. The summed E-state index contributed by atoms with van der Waals surface area (Å²) in [6.45, 7) is 7.89. The molecule has 0 unspecified atom stereocenters. The maximum absolute atomic E-state index is 12.3. The van der Waals surface area contributed by atoms with Gasteiger partial charge in [0.25, 0.3) is 5.91 Å². The molecule has 0 atom stereocenters. The average Bonchev–Trinajstić information content (AvgIpc) is 2.79. The van der Waals surface area contributed by atoms with Crippen LogP contribution in [-0.4, -0.2) is 24.7 Å². The first kappa shape index (κ1) is 23.7. The SMILES string of the molecule is Cc1ccc(C(C)C)cc1OCC(=O)N/N=C\c1ccc(OC(=O)c2ccccc2C)cc1. The Balaban J connectivity index is 1.49. The van der Waals surface area contributed by atoms with Crippen LogP contribution in [0.2, 0.25) is 0 Å². The van der Waals surface area contributed by atoms with Gasteiger partial charge < -0.3 is 9.47 Å². The maximum Gasteiger partial charge on any atom is 0.343 e. The zero-order chi connectivity index (χ0) is 23.8. The van der Waals surface area contributed by atoms with Crippen LogP contribution in [0, 0.1) is 13.8 Å². The minimum atomic E-state index is -0.407. The summed E-state index contributed by atoms with van der Waals surface area (Å²) >= 11 is 0. The zero-order valence-electron chi connectivity index (χ0n) is 19.3. The van der Waals surface area contributed by atoms with Crippen LogP contribution in [-0.2, 0) is 4.79 Å². The number of ether oxygens (including phenoxy) is 2. The number of aryl methyl sites for hydroxylation is 2. The van der Waals surface area contributed by atoms with E-state index in [4.69, 9.17) is 9.47 Å². The van der Waals surface area contributed by atoms with E-state index in [-0.39, 0.29) is 12.5 Å². The van der Waals surface area contributed by atoms with E-state index in [1.54, 1.807) is 36.4 Å². The third-order valence-corrected chi connectivity index (χ3v) is 5.10. The summed E-state index contributed by atoms with van der Waals surface area (Å²) < 4.78 is 11.1. The Morgan fingerprint density at radius 2 is 1.70 bits per heavy atom. The Kier molecular flexibility index (Phi) is 7.97. The predicted molar refractivity (Wildman–Crippen MR) is 129 cm³/mol. The van der Waals surface area contributed by atoms with E-state index in [0.717, 1.165) is 22.3 Å². The van der Waals surface area contributed by atoms with Gasteiger partial charge in [0.15, 0.2) is 6.61 Å². The molecule has 6 nitrogen and oxygen atoms in total. The monoisotopic (exact) mass is 444 g/mol. The topological polar surface area (TPSA) is 77.0 Å². The molecular formula is C27H28N2O4. The molecule has 170 valence electrons. The van der Waals surface area contributed by atoms with Crippen LogP contribution in [0.3, 0.4) is 0 Å². The first-order valence-electron chi connectivity index (χ1n) is 10.8. The second-order valence-corrected chi connectivity index (χ2v) is 8.03. The van der Waals surface area contributed by atoms with E-state index >= 15 is 0 Å². The molecule has 3 aromatic rings. The molecule has 3 aromatic carbocycles. The van der Waals surface area contributed by atoms with Crippen molar-refractivity contribution in [1.29, 1.82) is 0 Å². The van der Waals surface area contributed by atoms with Crippen molar-refractivity contribution in [3.8, 4) is 11.5 Å². The number of hydrogen-bond donors (Lipinski definition) is 1. The number of carbonyl (C=O) groups excluding carboxylic acids is 2. The largest absolute Gasteiger partial charge is 0.483 e. The highest BCUT2D eigenvalue weighted by atomic mass is 16.5. The standard InChI is InChI=1S/C27H28N2O4/c1-18(2)22-12-9-20(4)25(15-22)32-17-26(30)29-28-16-21-10-13-23(14-11-21)33-27(31)24-8-6-5-7-19(24)3/h5-16,18H,17H2,1-4H3,(H,29,30)/b28-16-. The molecule has 0 aromatic heterocycles. The minimum absolute atomic E-state index is 0.131. The van der Waals surface area contributed by atoms with Gasteiger partial charge in [-0.1, -0.05) is 44.2 Å². The molecule has 0 bridgehead atoms. The smallest absolute Gasteiger partial charge is 0.343 e. The van der Waals surface area contributed by atoms with E-state index in [2.05, 4.69) is 30.4 Å². The van der Waals surface area contributed by atoms with Gasteiger partial charge >= 0.3 is 5.97 Å². The van der Waals surface area contributed by atoms with E-state index in [9.17, 15) is 9.59 Å². The highest BCUT2D eigenvalue weighted by molar-refractivity contribution is 5.92. The third-order valence-electron chi connectivity index (χ3n) is 5.10. The Morgan fingerprint density at radius 3 is 2.39 bits per heavy atom. The molecule has 0 saturated carbocycles. The summed E-state index contributed by atoms with van der Waals surface area (Å²) in [6.07, 6.45) is 1.51. The van der Waals surface area contributed by atoms with Gasteiger partial charge in [-0.15, -0.1) is 0 Å². The summed E-state index contributed by atoms with van der Waals surface area (Å²) in [7, 11) is 0. The summed E-state index contributed by atoms with van der Waals surface area (Å²) in [5.41, 5.74) is 6.70. The van der Waals surface area contributed by atoms with E-state index < -0.39 is 5.97 Å². The summed E-state index contributed by atoms with van der Waals surface area (Å²) in [4.78, 5) is 24.4. The quantitative estimate of drug-likeness (QED) is 0.225. The zero-order valence-corrected chi connectivity index (χ0v) is 19.3. The molecule has 3 rings (SSSR count). The van der Waals surface area contributed by atoms with Gasteiger partial charge in [-0.2, -0.15) is 5.10 Å². The van der Waals surface area contributed by atoms with Gasteiger partial charge in [0.05, 0.1) is 11.8 Å². The van der Waals surface area contributed by atoms with Crippen molar-refractivity contribution in [3.05, 3.63) is 94.5 Å². The van der Waals surface area contributed by atoms with Crippen LogP contribution in [0.15, 0.2) is 71.8 Å². The van der Waals surface area contributed by atoms with Crippen LogP contribution >= 0.6 is 0 Å². The number of carbonyl (C=O) groups is 2. The normalized spacial score (nSPS) is 10.9. The van der Waals surface area contributed by atoms with Crippen molar-refractivity contribution >= 4 is 18.1 Å². The van der Waals surface area contributed by atoms with Crippen LogP contribution in [0.4, 0.5) is 0 Å². The number of hydrogen-bond acceptors (Lipinski definition) is 5. The fourth-order valence-corrected chi connectivity index (χ4v) is 3.07. The predicted octanol–water partition coefficient (Wildman–Crippen LogP) is 5.18. The molecule has 0 spiro atoms. The van der Waals surface area contributed by atoms with Crippen LogP contribution < -0.4 is 14.9 Å². The molecule has 0 aliphatic carbocycles. The number of hydrazone groups is 1.